The molecule has 1 rings (SSSR count). The topological polar surface area (TPSA) is 40.5 Å². The van der Waals surface area contributed by atoms with Gasteiger partial charge in [-0.2, -0.15) is 0 Å². The third kappa shape index (κ3) is 3.22. The molecule has 0 heterocycles. The van der Waals surface area contributed by atoms with Crippen LogP contribution in [0.5, 0.6) is 0 Å². The molecular formula is C11H14ClNO2. The van der Waals surface area contributed by atoms with E-state index in [1.54, 1.807) is 29.2 Å². The van der Waals surface area contributed by atoms with E-state index in [1.807, 2.05) is 6.92 Å². The van der Waals surface area contributed by atoms with E-state index in [0.717, 1.165) is 0 Å². The SMILES string of the molecule is CCN(CCO)C(=O)c1cccc(Cl)c1. The molecule has 0 aliphatic rings. The first-order valence-electron chi connectivity index (χ1n) is 4.84. The molecule has 3 nitrogen and oxygen atoms in total. The average Bonchev–Trinajstić information content (AvgIpc) is 2.25. The van der Waals surface area contributed by atoms with Gasteiger partial charge in [-0.05, 0) is 25.1 Å². The maximum atomic E-state index is 11.9. The molecular weight excluding hydrogens is 214 g/mol. The van der Waals surface area contributed by atoms with Crippen molar-refractivity contribution in [1.29, 1.82) is 0 Å². The summed E-state index contributed by atoms with van der Waals surface area (Å²) in [4.78, 5) is 13.4. The minimum Gasteiger partial charge on any atom is -0.395 e. The summed E-state index contributed by atoms with van der Waals surface area (Å²) in [6.45, 7) is 2.77. The van der Waals surface area contributed by atoms with Crippen LogP contribution in [-0.4, -0.2) is 35.6 Å². The molecule has 1 aromatic carbocycles. The molecule has 0 radical (unpaired) electrons. The van der Waals surface area contributed by atoms with E-state index >= 15 is 0 Å². The Kier molecular flexibility index (Phi) is 4.59. The number of carbonyl (C=O) groups is 1. The van der Waals surface area contributed by atoms with Gasteiger partial charge in [0.05, 0.1) is 6.61 Å². The van der Waals surface area contributed by atoms with Gasteiger partial charge in [0.1, 0.15) is 0 Å². The van der Waals surface area contributed by atoms with Crippen molar-refractivity contribution >= 4 is 17.5 Å². The highest BCUT2D eigenvalue weighted by molar-refractivity contribution is 6.30. The summed E-state index contributed by atoms with van der Waals surface area (Å²) in [5, 5.41) is 9.34. The van der Waals surface area contributed by atoms with Crippen LogP contribution < -0.4 is 0 Å². The zero-order valence-corrected chi connectivity index (χ0v) is 9.37. The number of rotatable bonds is 4. The van der Waals surface area contributed by atoms with Crippen LogP contribution in [0.2, 0.25) is 5.02 Å². The fraction of sp³-hybridized carbons (Fsp3) is 0.364. The maximum Gasteiger partial charge on any atom is 0.253 e. The lowest BCUT2D eigenvalue weighted by Gasteiger charge is -2.19. The van der Waals surface area contributed by atoms with Crippen molar-refractivity contribution in [2.45, 2.75) is 6.92 Å². The molecule has 0 saturated carbocycles. The van der Waals surface area contributed by atoms with E-state index in [-0.39, 0.29) is 12.5 Å². The number of carbonyl (C=O) groups excluding carboxylic acids is 1. The van der Waals surface area contributed by atoms with Gasteiger partial charge in [0.15, 0.2) is 0 Å². The van der Waals surface area contributed by atoms with E-state index in [1.165, 1.54) is 0 Å². The zero-order chi connectivity index (χ0) is 11.3. The van der Waals surface area contributed by atoms with Gasteiger partial charge >= 0.3 is 0 Å². The second-order valence-electron chi connectivity index (χ2n) is 3.12. The van der Waals surface area contributed by atoms with Crippen LogP contribution in [0, 0.1) is 0 Å². The minimum atomic E-state index is -0.103. The van der Waals surface area contributed by atoms with E-state index in [9.17, 15) is 4.79 Å². The fourth-order valence-corrected chi connectivity index (χ4v) is 1.52. The van der Waals surface area contributed by atoms with E-state index in [0.29, 0.717) is 23.7 Å². The Bertz CT molecular complexity index is 341. The van der Waals surface area contributed by atoms with Crippen LogP contribution in [0.3, 0.4) is 0 Å². The van der Waals surface area contributed by atoms with Gasteiger partial charge in [0.25, 0.3) is 5.91 Å². The molecule has 4 heteroatoms. The summed E-state index contributed by atoms with van der Waals surface area (Å²) in [7, 11) is 0. The van der Waals surface area contributed by atoms with Crippen LogP contribution in [0.4, 0.5) is 0 Å². The van der Waals surface area contributed by atoms with Crippen molar-refractivity contribution in [3.8, 4) is 0 Å². The third-order valence-corrected chi connectivity index (χ3v) is 2.35. The third-order valence-electron chi connectivity index (χ3n) is 2.11. The number of aliphatic hydroxyl groups excluding tert-OH is 1. The van der Waals surface area contributed by atoms with Gasteiger partial charge < -0.3 is 10.0 Å². The Hall–Kier alpha value is -1.06. The van der Waals surface area contributed by atoms with Gasteiger partial charge in [0, 0.05) is 23.7 Å². The van der Waals surface area contributed by atoms with Gasteiger partial charge in [-0.15, -0.1) is 0 Å². The summed E-state index contributed by atoms with van der Waals surface area (Å²) in [5.74, 6) is -0.103. The van der Waals surface area contributed by atoms with E-state index < -0.39 is 0 Å². The summed E-state index contributed by atoms with van der Waals surface area (Å²) in [6, 6.07) is 6.81. The van der Waals surface area contributed by atoms with Crippen molar-refractivity contribution in [2.24, 2.45) is 0 Å². The molecule has 0 spiro atoms. The van der Waals surface area contributed by atoms with Crippen molar-refractivity contribution in [3.63, 3.8) is 0 Å². The highest BCUT2D eigenvalue weighted by Crippen LogP contribution is 2.12. The van der Waals surface area contributed by atoms with Crippen molar-refractivity contribution in [1.82, 2.24) is 4.90 Å². The number of hydrogen-bond donors (Lipinski definition) is 1. The molecule has 0 atom stereocenters. The Morgan fingerprint density at radius 2 is 2.27 bits per heavy atom. The molecule has 0 bridgehead atoms. The number of benzene rings is 1. The first-order valence-corrected chi connectivity index (χ1v) is 5.22. The summed E-state index contributed by atoms with van der Waals surface area (Å²) >= 11 is 5.79. The Labute approximate surface area is 94.3 Å². The molecule has 0 aliphatic heterocycles. The Morgan fingerprint density at radius 3 is 2.80 bits per heavy atom. The normalized spacial score (nSPS) is 10.1. The number of halogens is 1. The van der Waals surface area contributed by atoms with Crippen LogP contribution in [0.15, 0.2) is 24.3 Å². The highest BCUT2D eigenvalue weighted by Gasteiger charge is 2.13. The lowest BCUT2D eigenvalue weighted by Crippen LogP contribution is -2.33. The molecule has 15 heavy (non-hydrogen) atoms. The van der Waals surface area contributed by atoms with Crippen molar-refractivity contribution in [2.75, 3.05) is 19.7 Å². The molecule has 0 aliphatic carbocycles. The summed E-state index contributed by atoms with van der Waals surface area (Å²) in [6.07, 6.45) is 0. The molecule has 82 valence electrons. The molecule has 1 amide bonds. The molecule has 0 saturated heterocycles. The average molecular weight is 228 g/mol. The Morgan fingerprint density at radius 1 is 1.53 bits per heavy atom. The molecule has 1 aromatic rings. The maximum absolute atomic E-state index is 11.9. The lowest BCUT2D eigenvalue weighted by atomic mass is 10.2. The predicted molar refractivity (Wildman–Crippen MR) is 60.1 cm³/mol. The van der Waals surface area contributed by atoms with Crippen LogP contribution in [0.1, 0.15) is 17.3 Å². The van der Waals surface area contributed by atoms with Crippen molar-refractivity contribution in [3.05, 3.63) is 34.9 Å². The summed E-state index contributed by atoms with van der Waals surface area (Å²) < 4.78 is 0. The predicted octanol–water partition coefficient (Wildman–Crippen LogP) is 1.79. The van der Waals surface area contributed by atoms with Gasteiger partial charge in [-0.3, -0.25) is 4.79 Å². The van der Waals surface area contributed by atoms with Crippen molar-refractivity contribution < 1.29 is 9.90 Å². The second-order valence-corrected chi connectivity index (χ2v) is 3.56. The number of aliphatic hydroxyl groups is 1. The van der Waals surface area contributed by atoms with Gasteiger partial charge in [0.2, 0.25) is 0 Å². The summed E-state index contributed by atoms with van der Waals surface area (Å²) in [5.41, 5.74) is 0.554. The number of hydrogen-bond acceptors (Lipinski definition) is 2. The molecule has 0 fully saturated rings. The Balaban J connectivity index is 2.82. The molecule has 1 N–H and O–H groups in total. The number of amides is 1. The number of likely N-dealkylation sites (N-methyl/N-ethyl adjacent to an activating group) is 1. The van der Waals surface area contributed by atoms with Gasteiger partial charge in [-0.25, -0.2) is 0 Å². The lowest BCUT2D eigenvalue weighted by molar-refractivity contribution is 0.0732. The van der Waals surface area contributed by atoms with Crippen LogP contribution in [0.25, 0.3) is 0 Å². The van der Waals surface area contributed by atoms with E-state index in [4.69, 9.17) is 16.7 Å². The minimum absolute atomic E-state index is 0.0276. The van der Waals surface area contributed by atoms with E-state index in [2.05, 4.69) is 0 Å². The first-order chi connectivity index (χ1) is 7.19. The quantitative estimate of drug-likeness (QED) is 0.852. The van der Waals surface area contributed by atoms with Crippen LogP contribution >= 0.6 is 11.6 Å². The smallest absolute Gasteiger partial charge is 0.253 e. The largest absolute Gasteiger partial charge is 0.395 e. The second kappa shape index (κ2) is 5.73. The van der Waals surface area contributed by atoms with Crippen LogP contribution in [-0.2, 0) is 0 Å². The zero-order valence-electron chi connectivity index (χ0n) is 8.61. The monoisotopic (exact) mass is 227 g/mol. The van der Waals surface area contributed by atoms with Gasteiger partial charge in [-0.1, -0.05) is 17.7 Å². The molecule has 0 unspecified atom stereocenters. The highest BCUT2D eigenvalue weighted by atomic mass is 35.5. The molecule has 0 aromatic heterocycles. The standard InChI is InChI=1S/C11H14ClNO2/c1-2-13(6-7-14)11(15)9-4-3-5-10(12)8-9/h3-5,8,14H,2,6-7H2,1H3. The number of nitrogens with zero attached hydrogens (tertiary/aromatic N) is 1. The fourth-order valence-electron chi connectivity index (χ4n) is 1.33. The first kappa shape index (κ1) is 12.0.